The van der Waals surface area contributed by atoms with Gasteiger partial charge in [0.05, 0.1) is 0 Å². The highest BCUT2D eigenvalue weighted by Crippen LogP contribution is 2.28. The van der Waals surface area contributed by atoms with Crippen LogP contribution in [0.2, 0.25) is 5.02 Å². The van der Waals surface area contributed by atoms with E-state index in [9.17, 15) is 4.79 Å². The molecule has 4 nitrogen and oxygen atoms in total. The number of halogens is 1. The van der Waals surface area contributed by atoms with Gasteiger partial charge in [0.1, 0.15) is 0 Å². The molecule has 2 amide bonds. The zero-order valence-electron chi connectivity index (χ0n) is 18.3. The van der Waals surface area contributed by atoms with Gasteiger partial charge in [0.15, 0.2) is 0 Å². The summed E-state index contributed by atoms with van der Waals surface area (Å²) in [7, 11) is 0. The number of nitrogens with zero attached hydrogens (tertiary/aromatic N) is 2. The first-order valence-electron chi connectivity index (χ1n) is 11.1. The first-order chi connectivity index (χ1) is 15.0. The number of aromatic nitrogens is 1. The lowest BCUT2D eigenvalue weighted by Gasteiger charge is -2.34. The Hall–Kier alpha value is -2.72. The molecule has 1 N–H and O–H groups in total. The first kappa shape index (κ1) is 21.5. The molecule has 2 aromatic carbocycles. The molecule has 1 heterocycles. The summed E-state index contributed by atoms with van der Waals surface area (Å²) in [5.74, 6) is 0. The highest BCUT2D eigenvalue weighted by atomic mass is 35.5. The van der Waals surface area contributed by atoms with Gasteiger partial charge in [0, 0.05) is 40.4 Å². The second kappa shape index (κ2) is 9.61. The maximum Gasteiger partial charge on any atom is 0.322 e. The lowest BCUT2D eigenvalue weighted by molar-refractivity contribution is 0.162. The predicted molar refractivity (Wildman–Crippen MR) is 128 cm³/mol. The number of carbonyl (C=O) groups is 1. The van der Waals surface area contributed by atoms with Crippen LogP contribution in [0, 0.1) is 13.8 Å². The van der Waals surface area contributed by atoms with Gasteiger partial charge in [-0.1, -0.05) is 49.1 Å². The van der Waals surface area contributed by atoms with Gasteiger partial charge < -0.3 is 14.8 Å². The molecule has 0 atom stereocenters. The van der Waals surface area contributed by atoms with E-state index < -0.39 is 0 Å². The van der Waals surface area contributed by atoms with E-state index in [2.05, 4.69) is 29.8 Å². The summed E-state index contributed by atoms with van der Waals surface area (Å²) in [6, 6.07) is 20.1. The lowest BCUT2D eigenvalue weighted by atomic mass is 9.94. The average molecular weight is 436 g/mol. The number of rotatable bonds is 5. The lowest BCUT2D eigenvalue weighted by Crippen LogP contribution is -2.43. The third-order valence-corrected chi connectivity index (χ3v) is 6.51. The maximum atomic E-state index is 13.3. The third kappa shape index (κ3) is 4.96. The zero-order valence-corrected chi connectivity index (χ0v) is 19.0. The number of aryl methyl sites for hydroxylation is 1. The zero-order chi connectivity index (χ0) is 21.8. The first-order valence-corrected chi connectivity index (χ1v) is 11.5. The van der Waals surface area contributed by atoms with E-state index in [1.807, 2.05) is 59.5 Å². The average Bonchev–Trinajstić information content (AvgIpc) is 3.07. The van der Waals surface area contributed by atoms with Crippen LogP contribution in [0.25, 0.3) is 5.69 Å². The molecule has 4 rings (SSSR count). The van der Waals surface area contributed by atoms with Crippen molar-refractivity contribution >= 4 is 23.3 Å². The Labute approximate surface area is 189 Å². The van der Waals surface area contributed by atoms with Crippen LogP contribution in [0.5, 0.6) is 0 Å². The summed E-state index contributed by atoms with van der Waals surface area (Å²) < 4.78 is 2.24. The van der Waals surface area contributed by atoms with Crippen LogP contribution in [0.1, 0.15) is 49.1 Å². The van der Waals surface area contributed by atoms with Crippen LogP contribution in [0.15, 0.2) is 60.7 Å². The molecule has 1 saturated carbocycles. The number of hydrogen-bond acceptors (Lipinski definition) is 1. The molecule has 162 valence electrons. The van der Waals surface area contributed by atoms with Gasteiger partial charge in [0.25, 0.3) is 0 Å². The number of para-hydroxylation sites is 1. The van der Waals surface area contributed by atoms with Gasteiger partial charge >= 0.3 is 6.03 Å². The molecule has 1 fully saturated rings. The summed E-state index contributed by atoms with van der Waals surface area (Å²) in [5, 5.41) is 3.83. The second-order valence-electron chi connectivity index (χ2n) is 8.42. The summed E-state index contributed by atoms with van der Waals surface area (Å²) in [6.07, 6.45) is 5.76. The third-order valence-electron chi connectivity index (χ3n) is 6.26. The topological polar surface area (TPSA) is 37.3 Å². The van der Waals surface area contributed by atoms with Crippen LogP contribution in [0.3, 0.4) is 0 Å². The van der Waals surface area contributed by atoms with Crippen LogP contribution in [-0.2, 0) is 6.54 Å². The Bertz CT molecular complexity index is 1020. The quantitative estimate of drug-likeness (QED) is 0.455. The van der Waals surface area contributed by atoms with E-state index in [1.165, 1.54) is 24.8 Å². The van der Waals surface area contributed by atoms with Gasteiger partial charge in [0.2, 0.25) is 0 Å². The van der Waals surface area contributed by atoms with E-state index in [0.717, 1.165) is 40.6 Å². The minimum Gasteiger partial charge on any atom is -0.318 e. The number of urea groups is 1. The molecular formula is C26H30ClN3O. The summed E-state index contributed by atoms with van der Waals surface area (Å²) >= 11 is 6.08. The summed E-state index contributed by atoms with van der Waals surface area (Å²) in [5.41, 5.74) is 5.42. The van der Waals surface area contributed by atoms with Crippen LogP contribution in [0.4, 0.5) is 10.5 Å². The highest BCUT2D eigenvalue weighted by Gasteiger charge is 2.27. The largest absolute Gasteiger partial charge is 0.322 e. The normalized spacial score (nSPS) is 14.4. The van der Waals surface area contributed by atoms with Crippen LogP contribution < -0.4 is 5.32 Å². The fraction of sp³-hybridized carbons (Fsp3) is 0.346. The number of benzene rings is 2. The fourth-order valence-corrected chi connectivity index (χ4v) is 4.76. The summed E-state index contributed by atoms with van der Waals surface area (Å²) in [4.78, 5) is 15.4. The SMILES string of the molecule is Cc1cc(CN(C(=O)Nc2ccccc2)C2CCCCC2)c(C)n1-c1ccc(Cl)cc1. The molecule has 0 bridgehead atoms. The molecule has 1 aliphatic rings. The van der Waals surface area contributed by atoms with E-state index in [1.54, 1.807) is 0 Å². The number of carbonyl (C=O) groups excluding carboxylic acids is 1. The van der Waals surface area contributed by atoms with Crippen molar-refractivity contribution in [2.24, 2.45) is 0 Å². The van der Waals surface area contributed by atoms with Crippen molar-refractivity contribution in [1.82, 2.24) is 9.47 Å². The Morgan fingerprint density at radius 2 is 1.71 bits per heavy atom. The van der Waals surface area contributed by atoms with Crippen molar-refractivity contribution in [3.63, 3.8) is 0 Å². The molecule has 0 saturated heterocycles. The van der Waals surface area contributed by atoms with Crippen LogP contribution in [-0.4, -0.2) is 21.5 Å². The van der Waals surface area contributed by atoms with E-state index in [4.69, 9.17) is 11.6 Å². The standard InChI is InChI=1S/C26H30ClN3O/c1-19-17-21(20(2)30(19)25-15-13-22(27)14-16-25)18-29(24-11-7-4-8-12-24)26(31)28-23-9-5-3-6-10-23/h3,5-6,9-10,13-17,24H,4,7-8,11-12,18H2,1-2H3,(H,28,31). The van der Waals surface area contributed by atoms with Crippen molar-refractivity contribution < 1.29 is 4.79 Å². The van der Waals surface area contributed by atoms with E-state index in [-0.39, 0.29) is 12.1 Å². The minimum atomic E-state index is -0.0191. The molecule has 3 aromatic rings. The number of amides is 2. The molecule has 0 spiro atoms. The maximum absolute atomic E-state index is 13.3. The molecule has 5 heteroatoms. The Morgan fingerprint density at radius 3 is 2.39 bits per heavy atom. The van der Waals surface area contributed by atoms with E-state index in [0.29, 0.717) is 6.54 Å². The predicted octanol–water partition coefficient (Wildman–Crippen LogP) is 7.11. The van der Waals surface area contributed by atoms with Crippen molar-refractivity contribution in [1.29, 1.82) is 0 Å². The summed E-state index contributed by atoms with van der Waals surface area (Å²) in [6.45, 7) is 4.85. The Morgan fingerprint density at radius 1 is 1.03 bits per heavy atom. The van der Waals surface area contributed by atoms with Gasteiger partial charge in [-0.25, -0.2) is 4.79 Å². The minimum absolute atomic E-state index is 0.0191. The molecule has 1 aliphatic carbocycles. The second-order valence-corrected chi connectivity index (χ2v) is 8.86. The number of nitrogens with one attached hydrogen (secondary N) is 1. The monoisotopic (exact) mass is 435 g/mol. The van der Waals surface area contributed by atoms with Gasteiger partial charge in [-0.05, 0) is 74.7 Å². The van der Waals surface area contributed by atoms with Crippen LogP contribution >= 0.6 is 11.6 Å². The number of anilines is 1. The molecule has 1 aromatic heterocycles. The molecule has 0 unspecified atom stereocenters. The van der Waals surface area contributed by atoms with Crippen molar-refractivity contribution in [2.75, 3.05) is 5.32 Å². The van der Waals surface area contributed by atoms with Gasteiger partial charge in [-0.15, -0.1) is 0 Å². The van der Waals surface area contributed by atoms with E-state index >= 15 is 0 Å². The molecule has 0 aliphatic heterocycles. The molecule has 0 radical (unpaired) electrons. The van der Waals surface area contributed by atoms with Gasteiger partial charge in [-0.3, -0.25) is 0 Å². The van der Waals surface area contributed by atoms with Gasteiger partial charge in [-0.2, -0.15) is 0 Å². The molecular weight excluding hydrogens is 406 g/mol. The molecule has 31 heavy (non-hydrogen) atoms. The Kier molecular flexibility index (Phi) is 6.67. The fourth-order valence-electron chi connectivity index (χ4n) is 4.64. The Balaban J connectivity index is 1.61. The van der Waals surface area contributed by atoms with Crippen molar-refractivity contribution in [3.8, 4) is 5.69 Å². The number of hydrogen-bond donors (Lipinski definition) is 1. The highest BCUT2D eigenvalue weighted by molar-refractivity contribution is 6.30. The van der Waals surface area contributed by atoms with Crippen molar-refractivity contribution in [3.05, 3.63) is 82.6 Å². The van der Waals surface area contributed by atoms with Crippen molar-refractivity contribution in [2.45, 2.75) is 58.5 Å². The smallest absolute Gasteiger partial charge is 0.318 e.